The van der Waals surface area contributed by atoms with E-state index in [2.05, 4.69) is 31.8 Å². The molecule has 0 radical (unpaired) electrons. The average molecular weight is 360 g/mol. The Hall–Kier alpha value is -3.22. The Morgan fingerprint density at radius 1 is 1.19 bits per heavy atom. The molecule has 1 aromatic carbocycles. The molecule has 0 bridgehead atoms. The molecule has 0 saturated heterocycles. The van der Waals surface area contributed by atoms with Crippen LogP contribution in [0.4, 0.5) is 0 Å². The minimum Gasteiger partial charge on any atom is -0.353 e. The van der Waals surface area contributed by atoms with Crippen LogP contribution in [0.2, 0.25) is 0 Å². The summed E-state index contributed by atoms with van der Waals surface area (Å²) in [5, 5.41) is 19.8. The van der Waals surface area contributed by atoms with Crippen molar-refractivity contribution in [2.75, 3.05) is 0 Å². The summed E-state index contributed by atoms with van der Waals surface area (Å²) in [6.45, 7) is 3.58. The third-order valence-corrected chi connectivity index (χ3v) is 5.47. The number of aryl methyl sites for hydroxylation is 2. The lowest BCUT2D eigenvalue weighted by molar-refractivity contribution is -0.119. The van der Waals surface area contributed by atoms with E-state index in [1.54, 1.807) is 6.92 Å². The second-order valence-corrected chi connectivity index (χ2v) is 7.26. The van der Waals surface area contributed by atoms with Gasteiger partial charge in [0.25, 0.3) is 0 Å². The zero-order chi connectivity index (χ0) is 18.5. The van der Waals surface area contributed by atoms with Crippen LogP contribution in [0.3, 0.4) is 0 Å². The maximum atomic E-state index is 11.6. The average Bonchev–Trinajstić information content (AvgIpc) is 3.28. The van der Waals surface area contributed by atoms with Gasteiger partial charge in [-0.3, -0.25) is 15.0 Å². The fraction of sp³-hybridized carbons (Fsp3) is 0.300. The number of H-pyrrole nitrogens is 2. The zero-order valence-corrected chi connectivity index (χ0v) is 15.3. The van der Waals surface area contributed by atoms with Crippen LogP contribution in [-0.4, -0.2) is 37.3 Å². The van der Waals surface area contributed by atoms with E-state index in [1.165, 1.54) is 16.5 Å². The fourth-order valence-electron chi connectivity index (χ4n) is 4.28. The predicted octanol–water partition coefficient (Wildman–Crippen LogP) is 2.80. The van der Waals surface area contributed by atoms with Gasteiger partial charge in [0, 0.05) is 35.0 Å². The molecule has 3 aromatic heterocycles. The van der Waals surface area contributed by atoms with E-state index in [9.17, 15) is 4.79 Å². The first-order valence-corrected chi connectivity index (χ1v) is 9.17. The third-order valence-electron chi connectivity index (χ3n) is 5.47. The van der Waals surface area contributed by atoms with Crippen molar-refractivity contribution in [1.82, 2.24) is 30.7 Å². The Kier molecular flexibility index (Phi) is 3.50. The number of benzene rings is 1. The molecule has 1 aliphatic carbocycles. The standard InChI is InChI=1S/C20H20N6O/c1-10-15(8-21-25-10)20-14-7-12(23-11(2)27)3-4-13(14)19-16-9-22-26-17(16)5-6-18(19)24-20/h5-6,8-9,12H,3-4,7H2,1-2H3,(H,21,25)(H,22,26)(H,23,27). The van der Waals surface area contributed by atoms with Gasteiger partial charge in [-0.25, -0.2) is 4.98 Å². The zero-order valence-electron chi connectivity index (χ0n) is 15.3. The van der Waals surface area contributed by atoms with Crippen molar-refractivity contribution in [3.8, 4) is 11.3 Å². The molecular formula is C20H20N6O. The van der Waals surface area contributed by atoms with Gasteiger partial charge in [-0.2, -0.15) is 10.2 Å². The molecule has 3 heterocycles. The third kappa shape index (κ3) is 2.50. The minimum absolute atomic E-state index is 0.00969. The first kappa shape index (κ1) is 16.0. The molecule has 5 rings (SSSR count). The Morgan fingerprint density at radius 3 is 2.81 bits per heavy atom. The van der Waals surface area contributed by atoms with Gasteiger partial charge in [0.2, 0.25) is 5.91 Å². The van der Waals surface area contributed by atoms with Gasteiger partial charge in [0.05, 0.1) is 29.1 Å². The number of nitrogens with one attached hydrogen (secondary N) is 3. The largest absolute Gasteiger partial charge is 0.353 e. The van der Waals surface area contributed by atoms with Crippen molar-refractivity contribution in [3.63, 3.8) is 0 Å². The molecule has 1 unspecified atom stereocenters. The van der Waals surface area contributed by atoms with Gasteiger partial charge >= 0.3 is 0 Å². The quantitative estimate of drug-likeness (QED) is 0.512. The lowest BCUT2D eigenvalue weighted by Gasteiger charge is -2.28. The van der Waals surface area contributed by atoms with Gasteiger partial charge in [-0.15, -0.1) is 0 Å². The highest BCUT2D eigenvalue weighted by atomic mass is 16.1. The van der Waals surface area contributed by atoms with Crippen molar-refractivity contribution in [2.45, 2.75) is 39.2 Å². The summed E-state index contributed by atoms with van der Waals surface area (Å²) in [4.78, 5) is 16.6. The monoisotopic (exact) mass is 360 g/mol. The molecule has 1 aliphatic rings. The molecule has 7 nitrogen and oxygen atoms in total. The van der Waals surface area contributed by atoms with Crippen molar-refractivity contribution >= 4 is 27.7 Å². The van der Waals surface area contributed by atoms with Crippen LogP contribution in [0.1, 0.15) is 30.2 Å². The number of nitrogens with zero attached hydrogens (tertiary/aromatic N) is 3. The Labute approximate surface area is 155 Å². The lowest BCUT2D eigenvalue weighted by atomic mass is 9.83. The maximum absolute atomic E-state index is 11.6. The highest BCUT2D eigenvalue weighted by molar-refractivity contribution is 6.07. The molecule has 7 heteroatoms. The van der Waals surface area contributed by atoms with Gasteiger partial charge in [-0.05, 0) is 49.4 Å². The molecule has 0 fully saturated rings. The van der Waals surface area contributed by atoms with Crippen LogP contribution in [0, 0.1) is 6.92 Å². The van der Waals surface area contributed by atoms with Gasteiger partial charge < -0.3 is 5.32 Å². The van der Waals surface area contributed by atoms with Gasteiger partial charge in [-0.1, -0.05) is 0 Å². The Morgan fingerprint density at radius 2 is 2.04 bits per heavy atom. The molecule has 0 aliphatic heterocycles. The number of aromatic nitrogens is 5. The summed E-state index contributed by atoms with van der Waals surface area (Å²) in [6.07, 6.45) is 6.30. The lowest BCUT2D eigenvalue weighted by Crippen LogP contribution is -2.37. The van der Waals surface area contributed by atoms with Crippen molar-refractivity contribution in [2.24, 2.45) is 0 Å². The van der Waals surface area contributed by atoms with Gasteiger partial charge in [0.15, 0.2) is 0 Å². The van der Waals surface area contributed by atoms with Crippen molar-refractivity contribution in [3.05, 3.63) is 41.3 Å². The second kappa shape index (κ2) is 5.90. The summed E-state index contributed by atoms with van der Waals surface area (Å²) in [7, 11) is 0. The number of aromatic amines is 2. The van der Waals surface area contributed by atoms with E-state index in [4.69, 9.17) is 4.98 Å². The van der Waals surface area contributed by atoms with E-state index in [0.717, 1.165) is 52.6 Å². The van der Waals surface area contributed by atoms with Gasteiger partial charge in [0.1, 0.15) is 0 Å². The van der Waals surface area contributed by atoms with Crippen molar-refractivity contribution in [1.29, 1.82) is 0 Å². The van der Waals surface area contributed by atoms with E-state index in [0.29, 0.717) is 0 Å². The van der Waals surface area contributed by atoms with Crippen LogP contribution >= 0.6 is 0 Å². The predicted molar refractivity (Wildman–Crippen MR) is 103 cm³/mol. The maximum Gasteiger partial charge on any atom is 0.217 e. The molecule has 0 saturated carbocycles. The highest BCUT2D eigenvalue weighted by Gasteiger charge is 2.27. The molecule has 27 heavy (non-hydrogen) atoms. The SMILES string of the molecule is CC(=O)NC1CCc2c(c(-c3cn[nH]c3C)nc3ccc4[nH]ncc4c23)C1. The summed E-state index contributed by atoms with van der Waals surface area (Å²) in [6, 6.07) is 4.21. The molecular weight excluding hydrogens is 340 g/mol. The molecule has 3 N–H and O–H groups in total. The van der Waals surface area contributed by atoms with Crippen LogP contribution < -0.4 is 5.32 Å². The fourth-order valence-corrected chi connectivity index (χ4v) is 4.28. The summed E-state index contributed by atoms with van der Waals surface area (Å²) in [5.74, 6) is 0.00969. The molecule has 1 atom stereocenters. The van der Waals surface area contributed by atoms with Crippen molar-refractivity contribution < 1.29 is 4.79 Å². The molecule has 136 valence electrons. The van der Waals surface area contributed by atoms with E-state index in [1.807, 2.05) is 25.4 Å². The first-order valence-electron chi connectivity index (χ1n) is 9.17. The van der Waals surface area contributed by atoms with Crippen LogP contribution in [0.5, 0.6) is 0 Å². The minimum atomic E-state index is 0.00969. The second-order valence-electron chi connectivity index (χ2n) is 7.26. The number of hydrogen-bond acceptors (Lipinski definition) is 4. The number of hydrogen-bond donors (Lipinski definition) is 3. The highest BCUT2D eigenvalue weighted by Crippen LogP contribution is 2.38. The Balaban J connectivity index is 1.80. The number of amides is 1. The summed E-state index contributed by atoms with van der Waals surface area (Å²) >= 11 is 0. The smallest absolute Gasteiger partial charge is 0.217 e. The van der Waals surface area contributed by atoms with E-state index >= 15 is 0 Å². The van der Waals surface area contributed by atoms with E-state index in [-0.39, 0.29) is 11.9 Å². The van der Waals surface area contributed by atoms with E-state index < -0.39 is 0 Å². The normalized spacial score (nSPS) is 16.6. The number of pyridine rings is 1. The van der Waals surface area contributed by atoms with Crippen LogP contribution in [0.15, 0.2) is 24.5 Å². The Bertz CT molecular complexity index is 1190. The number of carbonyl (C=O) groups excluding carboxylic acids is 1. The number of fused-ring (bicyclic) bond motifs is 5. The topological polar surface area (TPSA) is 99.4 Å². The van der Waals surface area contributed by atoms with Crippen LogP contribution in [-0.2, 0) is 17.6 Å². The first-order chi connectivity index (χ1) is 13.1. The molecule has 0 spiro atoms. The molecule has 4 aromatic rings. The summed E-state index contributed by atoms with van der Waals surface area (Å²) < 4.78 is 0. The molecule has 1 amide bonds. The van der Waals surface area contributed by atoms with Crippen LogP contribution in [0.25, 0.3) is 33.1 Å². The summed E-state index contributed by atoms with van der Waals surface area (Å²) in [5.41, 5.74) is 7.47. The number of carbonyl (C=O) groups is 1. The number of rotatable bonds is 2.